The number of nitrogens with one attached hydrogen (secondary N) is 2. The summed E-state index contributed by atoms with van der Waals surface area (Å²) in [6.45, 7) is 39.5. The quantitative estimate of drug-likeness (QED) is 0.0762. The lowest BCUT2D eigenvalue weighted by molar-refractivity contribution is 0.132. The third-order valence-electron chi connectivity index (χ3n) is 22.8. The van der Waals surface area contributed by atoms with Crippen molar-refractivity contribution in [2.75, 3.05) is 115 Å². The molecule has 6 aliphatic rings. The van der Waals surface area contributed by atoms with Crippen LogP contribution in [0.5, 0.6) is 0 Å². The van der Waals surface area contributed by atoms with E-state index in [1.165, 1.54) is 42.2 Å². The number of aryl methyl sites for hydroxylation is 3. The molecule has 3 aromatic carbocycles. The van der Waals surface area contributed by atoms with E-state index >= 15 is 0 Å². The molecule has 0 radical (unpaired) electrons. The van der Waals surface area contributed by atoms with Gasteiger partial charge in [-0.05, 0) is 163 Å². The summed E-state index contributed by atoms with van der Waals surface area (Å²) in [6, 6.07) is 29.2. The number of fused-ring (bicyclic) bond motifs is 9. The van der Waals surface area contributed by atoms with Crippen molar-refractivity contribution in [1.29, 1.82) is 0 Å². The lowest BCUT2D eigenvalue weighted by Crippen LogP contribution is -2.45. The second-order valence-corrected chi connectivity index (χ2v) is 32.2. The third kappa shape index (κ3) is 17.3. The fourth-order valence-corrected chi connectivity index (χ4v) is 16.4. The highest BCUT2D eigenvalue weighted by atomic mass is 35.5. The SMILES string of the molecule is CC1(C)CCc2nc3ccc(-c4nc(Cl)ncc4F)cc3n21.CCN1CCN(Cc2ccc(N)nc2)CC1.CCN1CCN(Cc2ccc(Nc3ncc(F)c(-c4ccc5nc6n(c5c4)C(C)(C)CC6)n3)nc2)CC1.CCN1CCN(Cc2ccc(Nc3ncc(F)c(-c4ccc5nc6n(c5c4)C(C)(C)CC6)n3)nc2)CC1. The Hall–Kier alpha value is -10.0. The number of anilines is 5. The molecular weight excluding hydrogens is 1440 g/mol. The standard InChI is InChI=1S/2C28H33FN8.C16H14ClFN4.C12H20N4/c2*1-4-35-11-13-36(14-12-35)18-19-5-8-24(30-16-19)33-27-31-17-21(29)26(34-27)20-6-7-22-23(15-20)37-25(32-22)9-10-28(37,2)3;1-16(2)6-5-13-20-11-4-3-9(7-12(11)22(13)16)14-10(18)8-19-15(17)21-14;1-2-15-5-7-16(8-6-15)10-11-3-4-12(13)14-9-11/h2*5-8,15-17H,4,9-14,18H2,1-3H3,(H,30,31,33,34);3-4,7-8H,5-6H2,1-2H3;3-4,9H,2,5-8,10H2,1H3,(H2,13,14). The number of likely N-dealkylation sites (N-methyl/N-ethyl adjacent to an activating group) is 3. The van der Waals surface area contributed by atoms with Crippen molar-refractivity contribution < 1.29 is 13.2 Å². The van der Waals surface area contributed by atoms with E-state index in [0.717, 1.165) is 200 Å². The molecule has 15 heterocycles. The molecule has 4 N–H and O–H groups in total. The van der Waals surface area contributed by atoms with Gasteiger partial charge in [0.1, 0.15) is 52.0 Å². The van der Waals surface area contributed by atoms with Crippen molar-refractivity contribution in [3.05, 3.63) is 185 Å². The maximum atomic E-state index is 14.9. The van der Waals surface area contributed by atoms with Gasteiger partial charge in [0.15, 0.2) is 17.5 Å². The number of hydrogen-bond donors (Lipinski definition) is 3. The van der Waals surface area contributed by atoms with Crippen molar-refractivity contribution in [3.8, 4) is 33.8 Å². The Labute approximate surface area is 657 Å². The second kappa shape index (κ2) is 33.0. The van der Waals surface area contributed by atoms with Crippen LogP contribution < -0.4 is 16.4 Å². The average molecular weight is 1540 g/mol. The Morgan fingerprint density at radius 3 is 1.02 bits per heavy atom. The minimum absolute atomic E-state index is 0.0126. The summed E-state index contributed by atoms with van der Waals surface area (Å²) in [5.41, 5.74) is 17.8. The van der Waals surface area contributed by atoms with E-state index in [9.17, 15) is 13.2 Å². The van der Waals surface area contributed by atoms with E-state index in [0.29, 0.717) is 46.0 Å². The maximum Gasteiger partial charge on any atom is 0.229 e. The van der Waals surface area contributed by atoms with Crippen molar-refractivity contribution in [1.82, 2.24) is 103 Å². The molecule has 0 saturated carbocycles. The van der Waals surface area contributed by atoms with E-state index in [1.54, 1.807) is 0 Å². The first-order valence-electron chi connectivity index (χ1n) is 39.3. The highest BCUT2D eigenvalue weighted by molar-refractivity contribution is 6.28. The predicted octanol–water partition coefficient (Wildman–Crippen LogP) is 13.9. The van der Waals surface area contributed by atoms with Gasteiger partial charge < -0.3 is 44.8 Å². The minimum atomic E-state index is -0.482. The van der Waals surface area contributed by atoms with Crippen LogP contribution in [-0.2, 0) is 55.5 Å². The summed E-state index contributed by atoms with van der Waals surface area (Å²) < 4.78 is 50.5. The number of nitrogen functional groups attached to an aromatic ring is 1. The van der Waals surface area contributed by atoms with Crippen LogP contribution in [0, 0.1) is 17.5 Å². The topological polar surface area (TPSA) is 239 Å². The molecule has 584 valence electrons. The van der Waals surface area contributed by atoms with Gasteiger partial charge in [-0.1, -0.05) is 57.2 Å². The molecule has 112 heavy (non-hydrogen) atoms. The molecular formula is C84H100ClF3N24. The highest BCUT2D eigenvalue weighted by Crippen LogP contribution is 2.41. The van der Waals surface area contributed by atoms with Gasteiger partial charge in [0.25, 0.3) is 0 Å². The first-order valence-corrected chi connectivity index (χ1v) is 39.7. The lowest BCUT2D eigenvalue weighted by atomic mass is 10.0. The number of imidazole rings is 3. The summed E-state index contributed by atoms with van der Waals surface area (Å²) in [4.78, 5) is 67.3. The van der Waals surface area contributed by atoms with Gasteiger partial charge >= 0.3 is 0 Å². The van der Waals surface area contributed by atoms with Crippen molar-refractivity contribution in [3.63, 3.8) is 0 Å². The summed E-state index contributed by atoms with van der Waals surface area (Å²) in [5.74, 6) is 4.32. The van der Waals surface area contributed by atoms with E-state index in [4.69, 9.17) is 27.3 Å². The Morgan fingerprint density at radius 1 is 0.375 bits per heavy atom. The molecule has 18 rings (SSSR count). The number of aromatic nitrogens is 15. The third-order valence-corrected chi connectivity index (χ3v) is 23.0. The van der Waals surface area contributed by atoms with Gasteiger partial charge in [-0.15, -0.1) is 0 Å². The first kappa shape index (κ1) is 77.3. The molecule has 0 unspecified atom stereocenters. The number of nitrogens with two attached hydrogens (primary N) is 1. The zero-order chi connectivity index (χ0) is 78.0. The van der Waals surface area contributed by atoms with Crippen LogP contribution in [0.3, 0.4) is 0 Å². The number of nitrogens with zero attached hydrogens (tertiary/aromatic N) is 21. The fourth-order valence-electron chi connectivity index (χ4n) is 16.3. The van der Waals surface area contributed by atoms with E-state index in [1.807, 2.05) is 91.4 Å². The van der Waals surface area contributed by atoms with Gasteiger partial charge in [0.2, 0.25) is 17.2 Å². The number of halogens is 4. The number of hydrogen-bond acceptors (Lipinski definition) is 21. The molecule has 3 fully saturated rings. The Balaban J connectivity index is 0.000000124. The second-order valence-electron chi connectivity index (χ2n) is 31.8. The molecule has 9 aromatic heterocycles. The Kier molecular flexibility index (Phi) is 22.8. The van der Waals surface area contributed by atoms with Crippen LogP contribution in [0.25, 0.3) is 66.9 Å². The average Bonchev–Trinajstić information content (AvgIpc) is 1.60. The van der Waals surface area contributed by atoms with E-state index in [2.05, 4.69) is 184 Å². The highest BCUT2D eigenvalue weighted by Gasteiger charge is 2.36. The Bertz CT molecular complexity index is 5070. The minimum Gasteiger partial charge on any atom is -0.384 e. The molecule has 0 spiro atoms. The van der Waals surface area contributed by atoms with Gasteiger partial charge in [-0.3, -0.25) is 14.7 Å². The van der Waals surface area contributed by atoms with E-state index < -0.39 is 17.5 Å². The summed E-state index contributed by atoms with van der Waals surface area (Å²) in [6.07, 6.45) is 15.2. The Morgan fingerprint density at radius 2 is 0.696 bits per heavy atom. The van der Waals surface area contributed by atoms with Crippen molar-refractivity contribution in [2.24, 2.45) is 0 Å². The van der Waals surface area contributed by atoms with Gasteiger partial charge in [-0.25, -0.2) is 73.0 Å². The molecule has 3 saturated heterocycles. The number of benzene rings is 3. The zero-order valence-electron chi connectivity index (χ0n) is 65.6. The van der Waals surface area contributed by atoms with Crippen LogP contribution >= 0.6 is 11.6 Å². The van der Waals surface area contributed by atoms with Gasteiger partial charge in [0.05, 0.1) is 51.7 Å². The predicted molar refractivity (Wildman–Crippen MR) is 436 cm³/mol. The fraction of sp³-hybridized carbons (Fsp3) is 0.429. The summed E-state index contributed by atoms with van der Waals surface area (Å²) >= 11 is 5.80. The molecule has 0 aliphatic carbocycles. The van der Waals surface area contributed by atoms with Crippen LogP contribution in [0.2, 0.25) is 5.28 Å². The zero-order valence-corrected chi connectivity index (χ0v) is 66.3. The van der Waals surface area contributed by atoms with Crippen molar-refractivity contribution >= 4 is 74.1 Å². The molecule has 12 aromatic rings. The van der Waals surface area contributed by atoms with Crippen LogP contribution in [-0.4, -0.2) is 201 Å². The van der Waals surface area contributed by atoms with Crippen LogP contribution in [0.15, 0.2) is 128 Å². The van der Waals surface area contributed by atoms with Gasteiger partial charge in [0, 0.05) is 169 Å². The van der Waals surface area contributed by atoms with E-state index in [-0.39, 0.29) is 39.0 Å². The normalized spacial score (nSPS) is 17.7. The lowest BCUT2D eigenvalue weighted by Gasteiger charge is -2.33. The smallest absolute Gasteiger partial charge is 0.229 e. The summed E-state index contributed by atoms with van der Waals surface area (Å²) in [5, 5.41) is 6.31. The van der Waals surface area contributed by atoms with Gasteiger partial charge in [-0.2, -0.15) is 0 Å². The molecule has 28 heteroatoms. The molecule has 0 bridgehead atoms. The summed E-state index contributed by atoms with van der Waals surface area (Å²) in [7, 11) is 0. The molecule has 24 nitrogen and oxygen atoms in total. The number of rotatable bonds is 16. The monoisotopic (exact) mass is 1540 g/mol. The first-order chi connectivity index (χ1) is 54.0. The van der Waals surface area contributed by atoms with Crippen molar-refractivity contribution in [2.45, 2.75) is 137 Å². The number of piperazine rings is 3. The van der Waals surface area contributed by atoms with Crippen LogP contribution in [0.1, 0.15) is 116 Å². The largest absolute Gasteiger partial charge is 0.384 e. The van der Waals surface area contributed by atoms with Crippen LogP contribution in [0.4, 0.5) is 42.5 Å². The maximum absolute atomic E-state index is 14.9. The molecule has 0 amide bonds. The molecule has 6 aliphatic heterocycles. The molecule has 0 atom stereocenters. The number of pyridine rings is 3.